The van der Waals surface area contributed by atoms with Crippen LogP contribution >= 0.6 is 11.3 Å². The van der Waals surface area contributed by atoms with Crippen LogP contribution in [-0.2, 0) is 16.6 Å². The fourth-order valence-corrected chi connectivity index (χ4v) is 3.64. The second kappa shape index (κ2) is 5.68. The maximum absolute atomic E-state index is 12.2. The molecule has 0 amide bonds. The lowest BCUT2D eigenvalue weighted by molar-refractivity contribution is 0.581. The van der Waals surface area contributed by atoms with Crippen molar-refractivity contribution >= 4 is 27.0 Å². The average Bonchev–Trinajstić information content (AvgIpc) is 2.82. The summed E-state index contributed by atoms with van der Waals surface area (Å²) >= 11 is 1.56. The van der Waals surface area contributed by atoms with Gasteiger partial charge in [0.25, 0.3) is 0 Å². The molecule has 0 aliphatic heterocycles. The highest BCUT2D eigenvalue weighted by molar-refractivity contribution is 7.89. The van der Waals surface area contributed by atoms with Gasteiger partial charge in [0, 0.05) is 26.0 Å². The number of sulfonamides is 1. The van der Waals surface area contributed by atoms with E-state index in [-0.39, 0.29) is 11.4 Å². The maximum Gasteiger partial charge on any atom is 0.244 e. The summed E-state index contributed by atoms with van der Waals surface area (Å²) in [6.45, 7) is 2.25. The van der Waals surface area contributed by atoms with Crippen molar-refractivity contribution < 1.29 is 8.42 Å². The lowest BCUT2D eigenvalue weighted by atomic mass is 10.2. The van der Waals surface area contributed by atoms with Gasteiger partial charge in [-0.15, -0.1) is 0 Å². The summed E-state index contributed by atoms with van der Waals surface area (Å²) in [5.74, 6) is 0. The molecule has 0 spiro atoms. The third-order valence-corrected chi connectivity index (χ3v) is 5.10. The monoisotopic (exact) mass is 297 g/mol. The molecule has 2 N–H and O–H groups in total. The Kier molecular flexibility index (Phi) is 4.18. The van der Waals surface area contributed by atoms with Gasteiger partial charge in [-0.1, -0.05) is 0 Å². The predicted molar refractivity (Wildman–Crippen MR) is 76.9 cm³/mol. The van der Waals surface area contributed by atoms with Gasteiger partial charge in [0.15, 0.2) is 0 Å². The van der Waals surface area contributed by atoms with Crippen molar-refractivity contribution in [2.45, 2.75) is 18.4 Å². The van der Waals surface area contributed by atoms with Crippen LogP contribution in [0.1, 0.15) is 11.1 Å². The summed E-state index contributed by atoms with van der Waals surface area (Å²) < 4.78 is 27.1. The Hall–Kier alpha value is -1.44. The zero-order chi connectivity index (χ0) is 13.9. The summed E-state index contributed by atoms with van der Waals surface area (Å²) in [6.07, 6.45) is 2.89. The minimum atomic E-state index is -3.57. The molecule has 0 bridgehead atoms. The Morgan fingerprint density at radius 2 is 2.16 bits per heavy atom. The molecule has 0 aromatic carbocycles. The molecule has 0 aliphatic carbocycles. The Bertz CT molecular complexity index is 665. The summed E-state index contributed by atoms with van der Waals surface area (Å²) in [7, 11) is -1.89. The molecule has 2 heterocycles. The Morgan fingerprint density at radius 1 is 1.37 bits per heavy atom. The molecule has 0 saturated carbocycles. The van der Waals surface area contributed by atoms with Crippen LogP contribution in [0.5, 0.6) is 0 Å². The Morgan fingerprint density at radius 3 is 2.79 bits per heavy atom. The van der Waals surface area contributed by atoms with Crippen molar-refractivity contribution in [2.75, 3.05) is 12.4 Å². The number of aromatic nitrogens is 1. The second-order valence-electron chi connectivity index (χ2n) is 4.03. The van der Waals surface area contributed by atoms with Crippen LogP contribution in [0.25, 0.3) is 0 Å². The smallest absolute Gasteiger partial charge is 0.244 e. The highest BCUT2D eigenvalue weighted by atomic mass is 32.2. The molecule has 0 aliphatic rings. The molecular weight excluding hydrogens is 282 g/mol. The molecule has 0 saturated heterocycles. The van der Waals surface area contributed by atoms with Crippen molar-refractivity contribution in [1.82, 2.24) is 9.71 Å². The van der Waals surface area contributed by atoms with Crippen molar-refractivity contribution in [1.29, 1.82) is 0 Å². The number of thiophene rings is 1. The average molecular weight is 297 g/mol. The molecule has 0 fully saturated rings. The molecule has 102 valence electrons. The first-order valence-electron chi connectivity index (χ1n) is 5.67. The van der Waals surface area contributed by atoms with E-state index >= 15 is 0 Å². The van der Waals surface area contributed by atoms with Gasteiger partial charge < -0.3 is 5.32 Å². The highest BCUT2D eigenvalue weighted by Crippen LogP contribution is 2.20. The first kappa shape index (κ1) is 14.0. The topological polar surface area (TPSA) is 71.1 Å². The largest absolute Gasteiger partial charge is 0.387 e. The van der Waals surface area contributed by atoms with Gasteiger partial charge in [-0.2, -0.15) is 11.3 Å². The molecule has 2 rings (SSSR count). The zero-order valence-electron chi connectivity index (χ0n) is 10.7. The zero-order valence-corrected chi connectivity index (χ0v) is 12.3. The summed E-state index contributed by atoms with van der Waals surface area (Å²) in [4.78, 5) is 4.02. The Balaban J connectivity index is 2.21. The van der Waals surface area contributed by atoms with E-state index in [1.165, 1.54) is 6.20 Å². The van der Waals surface area contributed by atoms with E-state index in [9.17, 15) is 8.42 Å². The van der Waals surface area contributed by atoms with Crippen LogP contribution in [0.4, 0.5) is 5.69 Å². The number of nitrogens with zero attached hydrogens (tertiary/aromatic N) is 1. The lowest BCUT2D eigenvalue weighted by Gasteiger charge is -2.10. The SMILES string of the molecule is CNc1ccncc1S(=O)(=O)NCc1cscc1C. The second-order valence-corrected chi connectivity index (χ2v) is 6.51. The predicted octanol–water partition coefficient (Wildman–Crippen LogP) is 1.97. The number of nitrogens with one attached hydrogen (secondary N) is 2. The first-order valence-corrected chi connectivity index (χ1v) is 8.10. The van der Waals surface area contributed by atoms with Gasteiger partial charge in [-0.05, 0) is 34.9 Å². The van der Waals surface area contributed by atoms with Crippen molar-refractivity contribution in [3.8, 4) is 0 Å². The minimum Gasteiger partial charge on any atom is -0.387 e. The maximum atomic E-state index is 12.2. The number of hydrogen-bond donors (Lipinski definition) is 2. The van der Waals surface area contributed by atoms with Crippen LogP contribution < -0.4 is 10.0 Å². The van der Waals surface area contributed by atoms with Gasteiger partial charge in [0.1, 0.15) is 4.90 Å². The standard InChI is InChI=1S/C12H15N3O2S2/c1-9-7-18-8-10(9)5-15-19(16,17)12-6-14-4-3-11(12)13-2/h3-4,6-8,15H,5H2,1-2H3,(H,13,14). The number of anilines is 1. The molecular formula is C12H15N3O2S2. The molecule has 7 heteroatoms. The molecule has 0 atom stereocenters. The van der Waals surface area contributed by atoms with E-state index < -0.39 is 10.0 Å². The van der Waals surface area contributed by atoms with Crippen LogP contribution in [0, 0.1) is 6.92 Å². The van der Waals surface area contributed by atoms with Gasteiger partial charge >= 0.3 is 0 Å². The molecule has 19 heavy (non-hydrogen) atoms. The van der Waals surface area contributed by atoms with Crippen LogP contribution in [0.2, 0.25) is 0 Å². The number of rotatable bonds is 5. The summed E-state index contributed by atoms with van der Waals surface area (Å²) in [5, 5.41) is 6.79. The van der Waals surface area contributed by atoms with Crippen molar-refractivity contribution in [2.24, 2.45) is 0 Å². The fourth-order valence-electron chi connectivity index (χ4n) is 1.62. The van der Waals surface area contributed by atoms with Gasteiger partial charge in [0.2, 0.25) is 10.0 Å². The number of hydrogen-bond acceptors (Lipinski definition) is 5. The van der Waals surface area contributed by atoms with Crippen LogP contribution in [0.15, 0.2) is 34.1 Å². The first-order chi connectivity index (χ1) is 9.04. The third-order valence-electron chi connectivity index (χ3n) is 2.76. The van der Waals surface area contributed by atoms with Gasteiger partial charge in [-0.25, -0.2) is 13.1 Å². The molecule has 2 aromatic heterocycles. The number of aryl methyl sites for hydroxylation is 1. The molecule has 0 unspecified atom stereocenters. The van der Waals surface area contributed by atoms with E-state index in [4.69, 9.17) is 0 Å². The van der Waals surface area contributed by atoms with E-state index in [0.29, 0.717) is 5.69 Å². The van der Waals surface area contributed by atoms with E-state index in [1.54, 1.807) is 30.6 Å². The van der Waals surface area contributed by atoms with E-state index in [0.717, 1.165) is 11.1 Å². The van der Waals surface area contributed by atoms with Crippen LogP contribution in [-0.4, -0.2) is 20.4 Å². The van der Waals surface area contributed by atoms with E-state index in [2.05, 4.69) is 15.0 Å². The normalized spacial score (nSPS) is 11.5. The van der Waals surface area contributed by atoms with Gasteiger partial charge in [-0.3, -0.25) is 4.98 Å². The lowest BCUT2D eigenvalue weighted by Crippen LogP contribution is -2.24. The van der Waals surface area contributed by atoms with E-state index in [1.807, 2.05) is 17.7 Å². The van der Waals surface area contributed by atoms with Gasteiger partial charge in [0.05, 0.1) is 5.69 Å². The highest BCUT2D eigenvalue weighted by Gasteiger charge is 2.18. The Labute approximate surface area is 116 Å². The fraction of sp³-hybridized carbons (Fsp3) is 0.250. The molecule has 2 aromatic rings. The summed E-state index contributed by atoms with van der Waals surface area (Å²) in [5.41, 5.74) is 2.61. The van der Waals surface area contributed by atoms with Crippen molar-refractivity contribution in [3.63, 3.8) is 0 Å². The number of pyridine rings is 1. The van der Waals surface area contributed by atoms with Crippen molar-refractivity contribution in [3.05, 3.63) is 40.3 Å². The van der Waals surface area contributed by atoms with Crippen LogP contribution in [0.3, 0.4) is 0 Å². The quantitative estimate of drug-likeness (QED) is 0.885. The summed E-state index contributed by atoms with van der Waals surface area (Å²) in [6, 6.07) is 1.63. The minimum absolute atomic E-state index is 0.158. The molecule has 5 nitrogen and oxygen atoms in total. The third kappa shape index (κ3) is 3.12. The molecule has 0 radical (unpaired) electrons.